The summed E-state index contributed by atoms with van der Waals surface area (Å²) in [4.78, 5) is 20.1. The Morgan fingerprint density at radius 3 is 2.52 bits per heavy atom. The molecule has 4 rings (SSSR count). The van der Waals surface area contributed by atoms with Crippen molar-refractivity contribution in [2.75, 3.05) is 26.2 Å². The zero-order valence-electron chi connectivity index (χ0n) is 15.5. The zero-order valence-corrected chi connectivity index (χ0v) is 15.5. The van der Waals surface area contributed by atoms with Gasteiger partial charge in [0.05, 0.1) is 19.1 Å². The number of aryl methyl sites for hydroxylation is 2. The molecular formula is C21H30N3O+. The number of nitrogens with zero attached hydrogens (tertiary/aromatic N) is 1. The predicted molar refractivity (Wildman–Crippen MR) is 101 cm³/mol. The smallest absolute Gasteiger partial charge is 0.270 e. The van der Waals surface area contributed by atoms with Gasteiger partial charge in [0.25, 0.3) is 5.91 Å². The number of carbonyl (C=O) groups is 1. The summed E-state index contributed by atoms with van der Waals surface area (Å²) in [5, 5.41) is 1.17. The molecule has 1 aromatic heterocycles. The van der Waals surface area contributed by atoms with Crippen LogP contribution in [0, 0.1) is 13.8 Å². The fraction of sp³-hybridized carbons (Fsp3) is 0.571. The summed E-state index contributed by atoms with van der Waals surface area (Å²) in [7, 11) is 0. The highest BCUT2D eigenvalue weighted by Gasteiger charge is 2.31. The Hall–Kier alpha value is -1.81. The van der Waals surface area contributed by atoms with Gasteiger partial charge < -0.3 is 14.8 Å². The number of quaternary nitrogens is 1. The van der Waals surface area contributed by atoms with E-state index in [0.717, 1.165) is 43.2 Å². The van der Waals surface area contributed by atoms with E-state index in [-0.39, 0.29) is 5.91 Å². The van der Waals surface area contributed by atoms with Gasteiger partial charge in [-0.3, -0.25) is 4.79 Å². The third kappa shape index (κ3) is 3.32. The normalized spacial score (nSPS) is 20.3. The molecule has 0 unspecified atom stereocenters. The Labute approximate surface area is 150 Å². The third-order valence-electron chi connectivity index (χ3n) is 6.17. The minimum Gasteiger partial charge on any atom is -0.351 e. The molecule has 0 radical (unpaired) electrons. The molecule has 0 aliphatic carbocycles. The molecule has 2 N–H and O–H groups in total. The summed E-state index contributed by atoms with van der Waals surface area (Å²) >= 11 is 0. The highest BCUT2D eigenvalue weighted by atomic mass is 16.2. The van der Waals surface area contributed by atoms with Gasteiger partial charge in [0, 0.05) is 36.8 Å². The van der Waals surface area contributed by atoms with E-state index in [9.17, 15) is 4.79 Å². The minimum atomic E-state index is 0.167. The molecule has 0 bridgehead atoms. The fourth-order valence-electron chi connectivity index (χ4n) is 4.79. The Bertz CT molecular complexity index is 765. The maximum absolute atomic E-state index is 12.9. The number of aromatic amines is 1. The van der Waals surface area contributed by atoms with Crippen molar-refractivity contribution >= 4 is 16.8 Å². The van der Waals surface area contributed by atoms with Crippen LogP contribution in [0.3, 0.4) is 0 Å². The van der Waals surface area contributed by atoms with Gasteiger partial charge in [0.2, 0.25) is 0 Å². The molecule has 4 heteroatoms. The highest BCUT2D eigenvalue weighted by molar-refractivity contribution is 5.99. The second-order valence-electron chi connectivity index (χ2n) is 8.01. The second-order valence-corrected chi connectivity index (χ2v) is 8.01. The molecule has 25 heavy (non-hydrogen) atoms. The van der Waals surface area contributed by atoms with Crippen molar-refractivity contribution < 1.29 is 9.69 Å². The molecule has 2 saturated heterocycles. The number of benzene rings is 1. The van der Waals surface area contributed by atoms with E-state index in [2.05, 4.69) is 31.0 Å². The lowest BCUT2D eigenvalue weighted by atomic mass is 9.99. The van der Waals surface area contributed by atoms with E-state index < -0.39 is 0 Å². The lowest BCUT2D eigenvalue weighted by Gasteiger charge is -2.37. The van der Waals surface area contributed by atoms with Crippen LogP contribution in [0.4, 0.5) is 0 Å². The maximum atomic E-state index is 12.9. The molecule has 1 amide bonds. The summed E-state index contributed by atoms with van der Waals surface area (Å²) in [5.74, 6) is 0.167. The highest BCUT2D eigenvalue weighted by Crippen LogP contribution is 2.23. The van der Waals surface area contributed by atoms with Gasteiger partial charge in [-0.25, -0.2) is 0 Å². The van der Waals surface area contributed by atoms with Crippen LogP contribution < -0.4 is 4.90 Å². The molecule has 2 aromatic rings. The number of rotatable bonds is 2. The van der Waals surface area contributed by atoms with Crippen LogP contribution in [0.5, 0.6) is 0 Å². The van der Waals surface area contributed by atoms with E-state index in [1.807, 2.05) is 11.0 Å². The van der Waals surface area contributed by atoms with Crippen LogP contribution in [0.1, 0.15) is 53.7 Å². The molecule has 2 aliphatic heterocycles. The van der Waals surface area contributed by atoms with Crippen molar-refractivity contribution in [2.24, 2.45) is 0 Å². The number of hydrogen-bond acceptors (Lipinski definition) is 1. The third-order valence-corrected chi connectivity index (χ3v) is 6.17. The molecule has 0 spiro atoms. The van der Waals surface area contributed by atoms with Gasteiger partial charge in [0.1, 0.15) is 5.69 Å². The van der Waals surface area contributed by atoms with Crippen LogP contribution in [-0.2, 0) is 0 Å². The van der Waals surface area contributed by atoms with E-state index in [1.165, 1.54) is 48.9 Å². The number of fused-ring (bicyclic) bond motifs is 1. The van der Waals surface area contributed by atoms with Crippen molar-refractivity contribution in [2.45, 2.75) is 52.0 Å². The minimum absolute atomic E-state index is 0.167. The topological polar surface area (TPSA) is 40.5 Å². The number of amides is 1. The van der Waals surface area contributed by atoms with Gasteiger partial charge in [-0.15, -0.1) is 0 Å². The van der Waals surface area contributed by atoms with Crippen LogP contribution >= 0.6 is 0 Å². The summed E-state index contributed by atoms with van der Waals surface area (Å²) in [6.07, 6.45) is 6.46. The average molecular weight is 340 g/mol. The predicted octanol–water partition coefficient (Wildman–Crippen LogP) is 2.46. The van der Waals surface area contributed by atoms with E-state index in [4.69, 9.17) is 0 Å². The molecule has 1 aromatic carbocycles. The fourth-order valence-corrected chi connectivity index (χ4v) is 4.79. The quantitative estimate of drug-likeness (QED) is 0.866. The molecule has 4 nitrogen and oxygen atoms in total. The van der Waals surface area contributed by atoms with Gasteiger partial charge in [-0.2, -0.15) is 0 Å². The zero-order chi connectivity index (χ0) is 17.4. The van der Waals surface area contributed by atoms with Crippen molar-refractivity contribution in [1.29, 1.82) is 0 Å². The lowest BCUT2D eigenvalue weighted by Crippen LogP contribution is -3.16. The molecule has 0 saturated carbocycles. The average Bonchev–Trinajstić information content (AvgIpc) is 3.06. The molecule has 3 heterocycles. The molecule has 0 atom stereocenters. The summed E-state index contributed by atoms with van der Waals surface area (Å²) < 4.78 is 0. The number of H-pyrrole nitrogens is 1. The Kier molecular flexibility index (Phi) is 4.55. The number of piperidine rings is 2. The van der Waals surface area contributed by atoms with Crippen molar-refractivity contribution in [3.05, 3.63) is 35.0 Å². The van der Waals surface area contributed by atoms with E-state index in [0.29, 0.717) is 0 Å². The first-order chi connectivity index (χ1) is 12.1. The number of likely N-dealkylation sites (tertiary alicyclic amines) is 2. The van der Waals surface area contributed by atoms with Crippen LogP contribution in [-0.4, -0.2) is 48.0 Å². The van der Waals surface area contributed by atoms with E-state index >= 15 is 0 Å². The second kappa shape index (κ2) is 6.83. The molecule has 134 valence electrons. The van der Waals surface area contributed by atoms with Gasteiger partial charge >= 0.3 is 0 Å². The first-order valence-electron chi connectivity index (χ1n) is 9.85. The first-order valence-corrected chi connectivity index (χ1v) is 9.85. The van der Waals surface area contributed by atoms with Crippen LogP contribution in [0.2, 0.25) is 0 Å². The standard InChI is InChI=1S/C21H29N3O/c1-15-12-16(2)18-14-20(22-19(18)13-15)21(25)24-10-6-17(7-11-24)23-8-4-3-5-9-23/h12-14,17,22H,3-11H2,1-2H3/p+1. The van der Waals surface area contributed by atoms with Crippen molar-refractivity contribution in [3.8, 4) is 0 Å². The van der Waals surface area contributed by atoms with Gasteiger partial charge in [0.15, 0.2) is 0 Å². The monoisotopic (exact) mass is 340 g/mol. The number of hydrogen-bond donors (Lipinski definition) is 2. The van der Waals surface area contributed by atoms with Crippen molar-refractivity contribution in [1.82, 2.24) is 9.88 Å². The number of carbonyl (C=O) groups excluding carboxylic acids is 1. The van der Waals surface area contributed by atoms with Crippen LogP contribution in [0.15, 0.2) is 18.2 Å². The first kappa shape index (κ1) is 16.6. The summed E-state index contributed by atoms with van der Waals surface area (Å²) in [6, 6.07) is 7.11. The number of nitrogens with one attached hydrogen (secondary N) is 2. The number of aromatic nitrogens is 1. The summed E-state index contributed by atoms with van der Waals surface area (Å²) in [5.41, 5.74) is 4.29. The molecular weight excluding hydrogens is 310 g/mol. The van der Waals surface area contributed by atoms with E-state index in [1.54, 1.807) is 4.90 Å². The van der Waals surface area contributed by atoms with Gasteiger partial charge in [-0.1, -0.05) is 6.07 Å². The largest absolute Gasteiger partial charge is 0.351 e. The van der Waals surface area contributed by atoms with Crippen LogP contribution in [0.25, 0.3) is 10.9 Å². The van der Waals surface area contributed by atoms with Crippen molar-refractivity contribution in [3.63, 3.8) is 0 Å². The summed E-state index contributed by atoms with van der Waals surface area (Å²) in [6.45, 7) is 8.69. The SMILES string of the molecule is Cc1cc(C)c2cc(C(=O)N3CCC([NH+]4CCCCC4)CC3)[nH]c2c1. The lowest BCUT2D eigenvalue weighted by molar-refractivity contribution is -0.931. The van der Waals surface area contributed by atoms with Gasteiger partial charge in [-0.05, 0) is 56.4 Å². The molecule has 2 fully saturated rings. The Balaban J connectivity index is 1.44. The Morgan fingerprint density at radius 2 is 1.80 bits per heavy atom. The maximum Gasteiger partial charge on any atom is 0.270 e. The molecule has 2 aliphatic rings. The Morgan fingerprint density at radius 1 is 1.08 bits per heavy atom.